The first kappa shape index (κ1) is 17.9. The van der Waals surface area contributed by atoms with Crippen LogP contribution in [0.3, 0.4) is 0 Å². The third-order valence-electron chi connectivity index (χ3n) is 3.71. The molecule has 1 heterocycles. The Bertz CT molecular complexity index is 388. The Kier molecular flexibility index (Phi) is 7.68. The van der Waals surface area contributed by atoms with Gasteiger partial charge in [-0.25, -0.2) is 0 Å². The number of rotatable bonds is 9. The summed E-state index contributed by atoms with van der Waals surface area (Å²) in [6.45, 7) is 4.28. The van der Waals surface area contributed by atoms with Crippen molar-refractivity contribution in [3.05, 3.63) is 23.5 Å². The Morgan fingerprint density at radius 3 is 2.10 bits per heavy atom. The maximum Gasteiger partial charge on any atom is 0.435 e. The highest BCUT2D eigenvalue weighted by molar-refractivity contribution is 5.13. The second-order valence-corrected chi connectivity index (χ2v) is 5.53. The highest BCUT2D eigenvalue weighted by Crippen LogP contribution is 2.30. The maximum atomic E-state index is 12.5. The van der Waals surface area contributed by atoms with Gasteiger partial charge in [0.15, 0.2) is 5.69 Å². The first-order chi connectivity index (χ1) is 9.99. The molecule has 0 aliphatic rings. The first-order valence-electron chi connectivity index (χ1n) is 7.89. The minimum Gasteiger partial charge on any atom is -0.164 e. The van der Waals surface area contributed by atoms with Crippen LogP contribution in [0.15, 0.2) is 12.1 Å². The maximum absolute atomic E-state index is 12.5. The number of unbranched alkanes of at least 4 members (excludes halogenated alkanes) is 4. The molecule has 0 fully saturated rings. The minimum atomic E-state index is -4.41. The Morgan fingerprint density at radius 1 is 0.905 bits per heavy atom. The lowest BCUT2D eigenvalue weighted by Crippen LogP contribution is -2.11. The molecule has 5 heteroatoms. The minimum absolute atomic E-state index is 0.233. The first-order valence-corrected chi connectivity index (χ1v) is 7.89. The van der Waals surface area contributed by atoms with Crippen LogP contribution in [0.25, 0.3) is 0 Å². The molecule has 2 nitrogen and oxygen atoms in total. The second kappa shape index (κ2) is 9.00. The van der Waals surface area contributed by atoms with Crippen LogP contribution in [0, 0.1) is 0 Å². The van der Waals surface area contributed by atoms with Crippen molar-refractivity contribution < 1.29 is 13.2 Å². The number of hydrogen-bond acceptors (Lipinski definition) is 2. The van der Waals surface area contributed by atoms with Crippen molar-refractivity contribution in [3.63, 3.8) is 0 Å². The fourth-order valence-electron chi connectivity index (χ4n) is 2.42. The van der Waals surface area contributed by atoms with Gasteiger partial charge in [0.25, 0.3) is 0 Å². The van der Waals surface area contributed by atoms with Crippen molar-refractivity contribution in [2.24, 2.45) is 0 Å². The van der Waals surface area contributed by atoms with Crippen LogP contribution < -0.4 is 0 Å². The molecule has 1 atom stereocenters. The molecule has 0 aliphatic carbocycles. The van der Waals surface area contributed by atoms with E-state index in [1.807, 2.05) is 0 Å². The molecule has 0 spiro atoms. The van der Waals surface area contributed by atoms with E-state index in [1.165, 1.54) is 25.3 Å². The van der Waals surface area contributed by atoms with Gasteiger partial charge in [-0.2, -0.15) is 18.3 Å². The zero-order chi connectivity index (χ0) is 15.7. The van der Waals surface area contributed by atoms with Gasteiger partial charge < -0.3 is 0 Å². The SMILES string of the molecule is CCCCCCC(CCCC)c1ccc(C(F)(F)F)nn1. The van der Waals surface area contributed by atoms with E-state index in [-0.39, 0.29) is 5.92 Å². The zero-order valence-corrected chi connectivity index (χ0v) is 12.9. The summed E-state index contributed by atoms with van der Waals surface area (Å²) in [4.78, 5) is 0. The third-order valence-corrected chi connectivity index (χ3v) is 3.71. The summed E-state index contributed by atoms with van der Waals surface area (Å²) in [6, 6.07) is 2.54. The van der Waals surface area contributed by atoms with Crippen LogP contribution in [0.4, 0.5) is 13.2 Å². The smallest absolute Gasteiger partial charge is 0.164 e. The average molecular weight is 302 g/mol. The molecule has 0 aliphatic heterocycles. The molecular formula is C16H25F3N2. The molecule has 120 valence electrons. The molecular weight excluding hydrogens is 277 g/mol. The molecule has 0 amide bonds. The van der Waals surface area contributed by atoms with Crippen molar-refractivity contribution >= 4 is 0 Å². The van der Waals surface area contributed by atoms with E-state index in [0.717, 1.165) is 38.2 Å². The summed E-state index contributed by atoms with van der Waals surface area (Å²) in [5.74, 6) is 0.233. The van der Waals surface area contributed by atoms with Gasteiger partial charge in [0.05, 0.1) is 5.69 Å². The van der Waals surface area contributed by atoms with Crippen molar-refractivity contribution in [2.75, 3.05) is 0 Å². The number of aromatic nitrogens is 2. The lowest BCUT2D eigenvalue weighted by molar-refractivity contribution is -0.141. The molecule has 0 N–H and O–H groups in total. The molecule has 0 saturated heterocycles. The number of hydrogen-bond donors (Lipinski definition) is 0. The summed E-state index contributed by atoms with van der Waals surface area (Å²) in [5, 5.41) is 7.18. The van der Waals surface area contributed by atoms with Crippen molar-refractivity contribution in [3.8, 4) is 0 Å². The highest BCUT2D eigenvalue weighted by Gasteiger charge is 2.33. The van der Waals surface area contributed by atoms with E-state index in [2.05, 4.69) is 24.0 Å². The van der Waals surface area contributed by atoms with Gasteiger partial charge >= 0.3 is 6.18 Å². The highest BCUT2D eigenvalue weighted by atomic mass is 19.4. The van der Waals surface area contributed by atoms with E-state index in [1.54, 1.807) is 0 Å². The predicted octanol–water partition coefficient (Wildman–Crippen LogP) is 5.74. The summed E-state index contributed by atoms with van der Waals surface area (Å²) in [6.07, 6.45) is 4.37. The standard InChI is InChI=1S/C16H25F3N2/c1-3-5-7-8-10-13(9-6-4-2)14-11-12-15(21-20-14)16(17,18)19/h11-13H,3-10H2,1-2H3. The van der Waals surface area contributed by atoms with Gasteiger partial charge in [-0.3, -0.25) is 0 Å². The van der Waals surface area contributed by atoms with Crippen LogP contribution in [0.5, 0.6) is 0 Å². The van der Waals surface area contributed by atoms with E-state index in [4.69, 9.17) is 0 Å². The third kappa shape index (κ3) is 6.44. The van der Waals surface area contributed by atoms with Crippen LogP contribution in [-0.4, -0.2) is 10.2 Å². The van der Waals surface area contributed by atoms with Gasteiger partial charge in [-0.1, -0.05) is 52.4 Å². The van der Waals surface area contributed by atoms with Crippen LogP contribution in [-0.2, 0) is 6.18 Å². The summed E-state index contributed by atoms with van der Waals surface area (Å²) < 4.78 is 37.5. The van der Waals surface area contributed by atoms with Crippen LogP contribution in [0.1, 0.15) is 82.5 Å². The Balaban J connectivity index is 2.68. The fourth-order valence-corrected chi connectivity index (χ4v) is 2.42. The lowest BCUT2D eigenvalue weighted by atomic mass is 9.92. The molecule has 1 unspecified atom stereocenters. The summed E-state index contributed by atoms with van der Waals surface area (Å²) in [5.41, 5.74) is -0.209. The van der Waals surface area contributed by atoms with Crippen molar-refractivity contribution in [1.82, 2.24) is 10.2 Å². The van der Waals surface area contributed by atoms with Gasteiger partial charge in [0.2, 0.25) is 0 Å². The zero-order valence-electron chi connectivity index (χ0n) is 12.9. The van der Waals surface area contributed by atoms with Gasteiger partial charge in [-0.05, 0) is 25.0 Å². The van der Waals surface area contributed by atoms with E-state index in [0.29, 0.717) is 5.69 Å². The number of alkyl halides is 3. The fraction of sp³-hybridized carbons (Fsp3) is 0.750. The molecule has 1 aromatic heterocycles. The lowest BCUT2D eigenvalue weighted by Gasteiger charge is -2.16. The number of nitrogens with zero attached hydrogens (tertiary/aromatic N) is 2. The van der Waals surface area contributed by atoms with Gasteiger partial charge in [0.1, 0.15) is 0 Å². The topological polar surface area (TPSA) is 25.8 Å². The largest absolute Gasteiger partial charge is 0.435 e. The molecule has 0 radical (unpaired) electrons. The normalized spacial score (nSPS) is 13.4. The van der Waals surface area contributed by atoms with Gasteiger partial charge in [-0.15, -0.1) is 5.10 Å². The summed E-state index contributed by atoms with van der Waals surface area (Å²) >= 11 is 0. The molecule has 1 aromatic rings. The molecule has 0 aromatic carbocycles. The summed E-state index contributed by atoms with van der Waals surface area (Å²) in [7, 11) is 0. The molecule has 0 saturated carbocycles. The molecule has 21 heavy (non-hydrogen) atoms. The van der Waals surface area contributed by atoms with E-state index < -0.39 is 11.9 Å². The van der Waals surface area contributed by atoms with E-state index in [9.17, 15) is 13.2 Å². The predicted molar refractivity (Wildman–Crippen MR) is 78.1 cm³/mol. The van der Waals surface area contributed by atoms with E-state index >= 15 is 0 Å². The Labute approximate surface area is 125 Å². The van der Waals surface area contributed by atoms with Crippen LogP contribution in [0.2, 0.25) is 0 Å². The monoisotopic (exact) mass is 302 g/mol. The van der Waals surface area contributed by atoms with Crippen molar-refractivity contribution in [1.29, 1.82) is 0 Å². The quantitative estimate of drug-likeness (QED) is 0.544. The van der Waals surface area contributed by atoms with Crippen LogP contribution >= 0.6 is 0 Å². The second-order valence-electron chi connectivity index (χ2n) is 5.53. The number of halogens is 3. The van der Waals surface area contributed by atoms with Gasteiger partial charge in [0, 0.05) is 5.92 Å². The Hall–Kier alpha value is -1.13. The average Bonchev–Trinajstić information content (AvgIpc) is 2.46. The molecule has 1 rings (SSSR count). The molecule has 0 bridgehead atoms. The van der Waals surface area contributed by atoms with Crippen molar-refractivity contribution in [2.45, 2.75) is 77.3 Å². The Morgan fingerprint density at radius 2 is 1.57 bits per heavy atom.